The lowest BCUT2D eigenvalue weighted by molar-refractivity contribution is 0.0896. The quantitative estimate of drug-likeness (QED) is 0.641. The van der Waals surface area contributed by atoms with Crippen molar-refractivity contribution in [2.45, 2.75) is 13.3 Å². The minimum absolute atomic E-state index is 0.112. The van der Waals surface area contributed by atoms with Gasteiger partial charge in [-0.25, -0.2) is 0 Å². The Labute approximate surface area is 117 Å². The summed E-state index contributed by atoms with van der Waals surface area (Å²) in [7, 11) is 1.75. The van der Waals surface area contributed by atoms with Gasteiger partial charge in [-0.1, -0.05) is 0 Å². The molecule has 94 valence electrons. The number of carbonyl (C=O) groups is 2. The minimum Gasteiger partial charge on any atom is -0.294 e. The molecule has 0 aliphatic carbocycles. The molecule has 0 N–H and O–H groups in total. The Morgan fingerprint density at radius 3 is 2.61 bits per heavy atom. The van der Waals surface area contributed by atoms with Crippen molar-refractivity contribution < 1.29 is 9.59 Å². The molecule has 0 aliphatic heterocycles. The van der Waals surface area contributed by atoms with Crippen LogP contribution >= 0.6 is 27.3 Å². The van der Waals surface area contributed by atoms with Crippen molar-refractivity contribution in [3.05, 3.63) is 38.3 Å². The lowest BCUT2D eigenvalue weighted by atomic mass is 10.1. The molecule has 0 fully saturated rings. The van der Waals surface area contributed by atoms with Gasteiger partial charge in [0.2, 0.25) is 0 Å². The Kier molecular flexibility index (Phi) is 3.77. The van der Waals surface area contributed by atoms with Crippen LogP contribution in [0.1, 0.15) is 32.1 Å². The molecule has 0 aromatic carbocycles. The molecule has 6 heteroatoms. The van der Waals surface area contributed by atoms with Crippen LogP contribution in [0.4, 0.5) is 0 Å². The topological polar surface area (TPSA) is 52.0 Å². The fourth-order valence-corrected chi connectivity index (χ4v) is 2.99. The second kappa shape index (κ2) is 5.16. The zero-order valence-electron chi connectivity index (χ0n) is 9.94. The SMILES string of the molecule is Cc1nn(C)cc1C(=O)CC(=O)c1ccc(Br)s1. The first kappa shape index (κ1) is 13.2. The van der Waals surface area contributed by atoms with Crippen molar-refractivity contribution in [1.82, 2.24) is 9.78 Å². The summed E-state index contributed by atoms with van der Waals surface area (Å²) in [5.41, 5.74) is 1.17. The van der Waals surface area contributed by atoms with Gasteiger partial charge in [0.05, 0.1) is 26.3 Å². The zero-order chi connectivity index (χ0) is 13.3. The molecule has 18 heavy (non-hydrogen) atoms. The molecule has 0 atom stereocenters. The van der Waals surface area contributed by atoms with Gasteiger partial charge in [-0.3, -0.25) is 14.3 Å². The number of thiophene rings is 1. The van der Waals surface area contributed by atoms with E-state index < -0.39 is 0 Å². The van der Waals surface area contributed by atoms with E-state index in [4.69, 9.17) is 0 Å². The van der Waals surface area contributed by atoms with Crippen LogP contribution in [0.2, 0.25) is 0 Å². The average Bonchev–Trinajstić information content (AvgIpc) is 2.84. The van der Waals surface area contributed by atoms with Crippen molar-refractivity contribution >= 4 is 38.8 Å². The third kappa shape index (κ3) is 2.76. The lowest BCUT2D eigenvalue weighted by Gasteiger charge is -1.97. The van der Waals surface area contributed by atoms with Crippen molar-refractivity contribution in [2.75, 3.05) is 0 Å². The van der Waals surface area contributed by atoms with Crippen molar-refractivity contribution in [3.63, 3.8) is 0 Å². The molecule has 0 radical (unpaired) electrons. The smallest absolute Gasteiger partial charge is 0.180 e. The van der Waals surface area contributed by atoms with Gasteiger partial charge >= 0.3 is 0 Å². The summed E-state index contributed by atoms with van der Waals surface area (Å²) in [6, 6.07) is 3.53. The van der Waals surface area contributed by atoms with Crippen LogP contribution in [-0.4, -0.2) is 21.3 Å². The number of rotatable bonds is 4. The molecule has 2 aromatic heterocycles. The Bertz CT molecular complexity index is 615. The largest absolute Gasteiger partial charge is 0.294 e. The average molecular weight is 327 g/mol. The minimum atomic E-state index is -0.185. The first-order valence-electron chi connectivity index (χ1n) is 5.29. The Morgan fingerprint density at radius 1 is 1.39 bits per heavy atom. The molecule has 0 saturated heterocycles. The zero-order valence-corrected chi connectivity index (χ0v) is 12.3. The maximum Gasteiger partial charge on any atom is 0.180 e. The molecule has 2 heterocycles. The first-order valence-corrected chi connectivity index (χ1v) is 6.90. The highest BCUT2D eigenvalue weighted by Crippen LogP contribution is 2.23. The predicted molar refractivity (Wildman–Crippen MR) is 73.2 cm³/mol. The number of ketones is 2. The molecule has 0 saturated carbocycles. The van der Waals surface area contributed by atoms with Crippen molar-refractivity contribution in [3.8, 4) is 0 Å². The summed E-state index contributed by atoms with van der Waals surface area (Å²) in [6.07, 6.45) is 1.54. The first-order chi connectivity index (χ1) is 8.47. The molecular weight excluding hydrogens is 316 g/mol. The van der Waals surface area contributed by atoms with E-state index >= 15 is 0 Å². The number of nitrogens with zero attached hydrogens (tertiary/aromatic N) is 2. The second-order valence-electron chi connectivity index (χ2n) is 3.93. The van der Waals surface area contributed by atoms with E-state index in [1.54, 1.807) is 37.0 Å². The molecule has 0 bridgehead atoms. The summed E-state index contributed by atoms with van der Waals surface area (Å²) < 4.78 is 2.46. The van der Waals surface area contributed by atoms with E-state index in [0.29, 0.717) is 16.1 Å². The molecule has 4 nitrogen and oxygen atoms in total. The van der Waals surface area contributed by atoms with E-state index in [1.807, 2.05) is 0 Å². The third-order valence-electron chi connectivity index (χ3n) is 2.48. The van der Waals surface area contributed by atoms with E-state index in [1.165, 1.54) is 11.3 Å². The number of hydrogen-bond donors (Lipinski definition) is 0. The molecule has 0 amide bonds. The van der Waals surface area contributed by atoms with Gasteiger partial charge in [0.1, 0.15) is 0 Å². The normalized spacial score (nSPS) is 10.6. The van der Waals surface area contributed by atoms with Gasteiger partial charge in [0.15, 0.2) is 11.6 Å². The highest BCUT2D eigenvalue weighted by Gasteiger charge is 2.18. The molecule has 0 unspecified atom stereocenters. The van der Waals surface area contributed by atoms with E-state index in [-0.39, 0.29) is 18.0 Å². The highest BCUT2D eigenvalue weighted by molar-refractivity contribution is 9.11. The molecule has 0 spiro atoms. The van der Waals surface area contributed by atoms with Gasteiger partial charge in [-0.15, -0.1) is 11.3 Å². The van der Waals surface area contributed by atoms with Crippen molar-refractivity contribution in [1.29, 1.82) is 0 Å². The van der Waals surface area contributed by atoms with E-state index in [9.17, 15) is 9.59 Å². The Balaban J connectivity index is 2.13. The summed E-state index contributed by atoms with van der Waals surface area (Å²) in [4.78, 5) is 24.5. The number of halogens is 1. The molecule has 2 rings (SSSR count). The number of hydrogen-bond acceptors (Lipinski definition) is 4. The number of Topliss-reactive ketones (excluding diaryl/α,β-unsaturated/α-hetero) is 2. The van der Waals surface area contributed by atoms with Crippen LogP contribution < -0.4 is 0 Å². The van der Waals surface area contributed by atoms with E-state index in [0.717, 1.165) is 3.79 Å². The lowest BCUT2D eigenvalue weighted by Crippen LogP contribution is -2.07. The fourth-order valence-electron chi connectivity index (χ4n) is 1.67. The van der Waals surface area contributed by atoms with Gasteiger partial charge in [0.25, 0.3) is 0 Å². The number of aromatic nitrogens is 2. The van der Waals surface area contributed by atoms with Crippen LogP contribution in [-0.2, 0) is 7.05 Å². The molecule has 0 aliphatic rings. The van der Waals surface area contributed by atoms with Gasteiger partial charge < -0.3 is 0 Å². The number of carbonyl (C=O) groups excluding carboxylic acids is 2. The standard InChI is InChI=1S/C12H11BrN2O2S/c1-7-8(6-15(2)14-7)9(16)5-10(17)11-3-4-12(13)18-11/h3-4,6H,5H2,1-2H3. The Hall–Kier alpha value is -1.27. The summed E-state index contributed by atoms with van der Waals surface area (Å²) in [6.45, 7) is 1.76. The summed E-state index contributed by atoms with van der Waals surface area (Å²) >= 11 is 4.63. The van der Waals surface area contributed by atoms with Crippen molar-refractivity contribution in [2.24, 2.45) is 7.05 Å². The molecule has 2 aromatic rings. The Morgan fingerprint density at radius 2 is 2.11 bits per heavy atom. The van der Waals surface area contributed by atoms with Crippen LogP contribution in [0, 0.1) is 6.92 Å². The van der Waals surface area contributed by atoms with Gasteiger partial charge in [-0.05, 0) is 35.0 Å². The summed E-state index contributed by atoms with van der Waals surface area (Å²) in [5.74, 6) is -0.339. The summed E-state index contributed by atoms with van der Waals surface area (Å²) in [5, 5.41) is 4.10. The third-order valence-corrected chi connectivity index (χ3v) is 4.15. The highest BCUT2D eigenvalue weighted by atomic mass is 79.9. The van der Waals surface area contributed by atoms with Crippen LogP contribution in [0.15, 0.2) is 22.1 Å². The monoisotopic (exact) mass is 326 g/mol. The second-order valence-corrected chi connectivity index (χ2v) is 6.39. The van der Waals surface area contributed by atoms with Crippen LogP contribution in [0.25, 0.3) is 0 Å². The number of aryl methyl sites for hydroxylation is 2. The molecular formula is C12H11BrN2O2S. The van der Waals surface area contributed by atoms with Crippen LogP contribution in [0.3, 0.4) is 0 Å². The van der Waals surface area contributed by atoms with E-state index in [2.05, 4.69) is 21.0 Å². The predicted octanol–water partition coefficient (Wildman–Crippen LogP) is 3.01. The van der Waals surface area contributed by atoms with Gasteiger partial charge in [0, 0.05) is 13.2 Å². The maximum absolute atomic E-state index is 12.0. The van der Waals surface area contributed by atoms with Gasteiger partial charge in [-0.2, -0.15) is 5.10 Å². The van der Waals surface area contributed by atoms with Crippen LogP contribution in [0.5, 0.6) is 0 Å². The maximum atomic E-state index is 12.0. The fraction of sp³-hybridized carbons (Fsp3) is 0.250.